The molecule has 0 unspecified atom stereocenters. The molecular weight excluding hydrogens is 220 g/mol. The monoisotopic (exact) mass is 236 g/mol. The fraction of sp³-hybridized carbons (Fsp3) is 0.333. The molecule has 0 atom stereocenters. The molecule has 0 aliphatic rings. The Kier molecular flexibility index (Phi) is 5.57. The number of rotatable bonds is 6. The standard InChI is InChI=1S/C12H16N2O3/c13-11(15)9-14-12(16)17-8-4-7-10-5-2-1-3-6-10/h1-3,5-6H,4,7-9H2,(H2,13,15)(H,14,16). The molecule has 5 heteroatoms. The first-order chi connectivity index (χ1) is 8.18. The Morgan fingerprint density at radius 2 is 1.94 bits per heavy atom. The fourth-order valence-electron chi connectivity index (χ4n) is 1.30. The predicted molar refractivity (Wildman–Crippen MR) is 63.3 cm³/mol. The van der Waals surface area contributed by atoms with Gasteiger partial charge in [-0.2, -0.15) is 0 Å². The van der Waals surface area contributed by atoms with Crippen LogP contribution >= 0.6 is 0 Å². The number of ether oxygens (including phenoxy) is 1. The molecule has 0 aliphatic heterocycles. The van der Waals surface area contributed by atoms with Crippen LogP contribution in [0.1, 0.15) is 12.0 Å². The van der Waals surface area contributed by atoms with Crippen molar-refractivity contribution in [1.29, 1.82) is 0 Å². The van der Waals surface area contributed by atoms with Crippen molar-refractivity contribution < 1.29 is 14.3 Å². The van der Waals surface area contributed by atoms with E-state index >= 15 is 0 Å². The molecule has 0 fully saturated rings. The summed E-state index contributed by atoms with van der Waals surface area (Å²) in [5.74, 6) is -0.591. The summed E-state index contributed by atoms with van der Waals surface area (Å²) < 4.78 is 4.86. The quantitative estimate of drug-likeness (QED) is 0.718. The third-order valence-corrected chi connectivity index (χ3v) is 2.09. The summed E-state index contributed by atoms with van der Waals surface area (Å²) >= 11 is 0. The number of amides is 2. The van der Waals surface area contributed by atoms with Crippen LogP contribution < -0.4 is 11.1 Å². The maximum absolute atomic E-state index is 11.0. The van der Waals surface area contributed by atoms with Gasteiger partial charge in [0, 0.05) is 0 Å². The second-order valence-electron chi connectivity index (χ2n) is 3.54. The van der Waals surface area contributed by atoms with Crippen LogP contribution in [0.3, 0.4) is 0 Å². The molecule has 0 aromatic heterocycles. The predicted octanol–water partition coefficient (Wildman–Crippen LogP) is 0.831. The summed E-state index contributed by atoms with van der Waals surface area (Å²) in [5, 5.41) is 2.25. The first-order valence-electron chi connectivity index (χ1n) is 5.41. The lowest BCUT2D eigenvalue weighted by atomic mass is 10.1. The van der Waals surface area contributed by atoms with Crippen molar-refractivity contribution in [1.82, 2.24) is 5.32 Å². The van der Waals surface area contributed by atoms with E-state index in [1.807, 2.05) is 30.3 Å². The van der Waals surface area contributed by atoms with Gasteiger partial charge in [0.2, 0.25) is 5.91 Å². The molecule has 0 saturated heterocycles. The van der Waals surface area contributed by atoms with Gasteiger partial charge >= 0.3 is 6.09 Å². The van der Waals surface area contributed by atoms with Crippen LogP contribution in [-0.4, -0.2) is 25.2 Å². The zero-order valence-corrected chi connectivity index (χ0v) is 9.52. The lowest BCUT2D eigenvalue weighted by molar-refractivity contribution is -0.117. The van der Waals surface area contributed by atoms with Crippen molar-refractivity contribution in [2.45, 2.75) is 12.8 Å². The molecular formula is C12H16N2O3. The van der Waals surface area contributed by atoms with Gasteiger partial charge in [-0.15, -0.1) is 0 Å². The molecule has 0 aliphatic carbocycles. The molecule has 1 aromatic carbocycles. The van der Waals surface area contributed by atoms with Crippen molar-refractivity contribution in [3.8, 4) is 0 Å². The molecule has 0 spiro atoms. The van der Waals surface area contributed by atoms with Crippen LogP contribution in [0.5, 0.6) is 0 Å². The van der Waals surface area contributed by atoms with Crippen molar-refractivity contribution >= 4 is 12.0 Å². The minimum absolute atomic E-state index is 0.197. The molecule has 17 heavy (non-hydrogen) atoms. The Hall–Kier alpha value is -2.04. The zero-order valence-electron chi connectivity index (χ0n) is 9.52. The highest BCUT2D eigenvalue weighted by atomic mass is 16.5. The second kappa shape index (κ2) is 7.27. The molecule has 1 aromatic rings. The van der Waals surface area contributed by atoms with Gasteiger partial charge in [0.05, 0.1) is 13.2 Å². The number of hydrogen-bond donors (Lipinski definition) is 2. The summed E-state index contributed by atoms with van der Waals surface area (Å²) in [7, 11) is 0. The summed E-state index contributed by atoms with van der Waals surface area (Å²) in [4.78, 5) is 21.4. The number of hydrogen-bond acceptors (Lipinski definition) is 3. The first kappa shape index (κ1) is 13.0. The maximum atomic E-state index is 11.0. The summed E-state index contributed by atoms with van der Waals surface area (Å²) in [6.07, 6.45) is 0.981. The van der Waals surface area contributed by atoms with E-state index in [0.29, 0.717) is 6.61 Å². The summed E-state index contributed by atoms with van der Waals surface area (Å²) in [5.41, 5.74) is 6.06. The van der Waals surface area contributed by atoms with Gasteiger partial charge in [-0.1, -0.05) is 30.3 Å². The molecule has 0 radical (unpaired) electrons. The molecule has 2 amide bonds. The van der Waals surface area contributed by atoms with Crippen molar-refractivity contribution in [2.75, 3.05) is 13.2 Å². The molecule has 1 rings (SSSR count). The maximum Gasteiger partial charge on any atom is 0.407 e. The van der Waals surface area contributed by atoms with Gasteiger partial charge in [0.25, 0.3) is 0 Å². The van der Waals surface area contributed by atoms with E-state index in [1.165, 1.54) is 5.56 Å². The first-order valence-corrected chi connectivity index (χ1v) is 5.41. The van der Waals surface area contributed by atoms with E-state index in [2.05, 4.69) is 5.32 Å². The van der Waals surface area contributed by atoms with Gasteiger partial charge in [0.15, 0.2) is 0 Å². The van der Waals surface area contributed by atoms with Crippen LogP contribution in [0.25, 0.3) is 0 Å². The number of benzene rings is 1. The van der Waals surface area contributed by atoms with Gasteiger partial charge in [-0.25, -0.2) is 4.79 Å². The average molecular weight is 236 g/mol. The fourth-order valence-corrected chi connectivity index (χ4v) is 1.30. The topological polar surface area (TPSA) is 81.4 Å². The Morgan fingerprint density at radius 1 is 1.24 bits per heavy atom. The number of carbonyl (C=O) groups is 2. The lowest BCUT2D eigenvalue weighted by Gasteiger charge is -2.05. The third-order valence-electron chi connectivity index (χ3n) is 2.09. The number of nitrogens with one attached hydrogen (secondary N) is 1. The molecule has 5 nitrogen and oxygen atoms in total. The number of primary amides is 1. The third kappa shape index (κ3) is 6.19. The number of carbonyl (C=O) groups excluding carboxylic acids is 2. The molecule has 0 heterocycles. The summed E-state index contributed by atoms with van der Waals surface area (Å²) in [6, 6.07) is 9.93. The van der Waals surface area contributed by atoms with Crippen molar-refractivity contribution in [2.24, 2.45) is 5.73 Å². The highest BCUT2D eigenvalue weighted by molar-refractivity contribution is 5.80. The van der Waals surface area contributed by atoms with Gasteiger partial charge in [0.1, 0.15) is 0 Å². The van der Waals surface area contributed by atoms with Crippen LogP contribution in [0, 0.1) is 0 Å². The Labute approximate surface area is 99.9 Å². The highest BCUT2D eigenvalue weighted by Gasteiger charge is 2.02. The molecule has 0 saturated carbocycles. The normalized spacial score (nSPS) is 9.65. The highest BCUT2D eigenvalue weighted by Crippen LogP contribution is 2.02. The van der Waals surface area contributed by atoms with Crippen molar-refractivity contribution in [3.05, 3.63) is 35.9 Å². The zero-order chi connectivity index (χ0) is 12.5. The van der Waals surface area contributed by atoms with E-state index in [0.717, 1.165) is 12.8 Å². The van der Waals surface area contributed by atoms with Gasteiger partial charge in [-0.05, 0) is 18.4 Å². The van der Waals surface area contributed by atoms with Gasteiger partial charge in [-0.3, -0.25) is 4.79 Å². The Bertz CT molecular complexity index is 365. The van der Waals surface area contributed by atoms with E-state index < -0.39 is 12.0 Å². The van der Waals surface area contributed by atoms with E-state index in [9.17, 15) is 9.59 Å². The Morgan fingerprint density at radius 3 is 2.59 bits per heavy atom. The SMILES string of the molecule is NC(=O)CNC(=O)OCCCc1ccccc1. The lowest BCUT2D eigenvalue weighted by Crippen LogP contribution is -2.33. The minimum Gasteiger partial charge on any atom is -0.450 e. The smallest absolute Gasteiger partial charge is 0.407 e. The molecule has 0 bridgehead atoms. The minimum atomic E-state index is -0.614. The van der Waals surface area contributed by atoms with E-state index in [4.69, 9.17) is 10.5 Å². The number of alkyl carbamates (subject to hydrolysis) is 1. The second-order valence-corrected chi connectivity index (χ2v) is 3.54. The average Bonchev–Trinajstić information content (AvgIpc) is 2.33. The van der Waals surface area contributed by atoms with E-state index in [1.54, 1.807) is 0 Å². The van der Waals surface area contributed by atoms with Crippen molar-refractivity contribution in [3.63, 3.8) is 0 Å². The van der Waals surface area contributed by atoms with Crippen LogP contribution in [0.2, 0.25) is 0 Å². The molecule has 92 valence electrons. The van der Waals surface area contributed by atoms with E-state index in [-0.39, 0.29) is 6.54 Å². The Balaban J connectivity index is 2.08. The van der Waals surface area contributed by atoms with Crippen LogP contribution in [0.4, 0.5) is 4.79 Å². The largest absolute Gasteiger partial charge is 0.450 e. The summed E-state index contributed by atoms with van der Waals surface area (Å²) in [6.45, 7) is 0.122. The number of nitrogens with two attached hydrogens (primary N) is 1. The van der Waals surface area contributed by atoms with Crippen LogP contribution in [-0.2, 0) is 16.0 Å². The molecule has 3 N–H and O–H groups in total. The van der Waals surface area contributed by atoms with Gasteiger partial charge < -0.3 is 15.8 Å². The number of aryl methyl sites for hydroxylation is 1. The van der Waals surface area contributed by atoms with Crippen LogP contribution in [0.15, 0.2) is 30.3 Å².